The van der Waals surface area contributed by atoms with Crippen LogP contribution < -0.4 is 5.73 Å². The van der Waals surface area contributed by atoms with Crippen molar-refractivity contribution < 1.29 is 4.42 Å². The van der Waals surface area contributed by atoms with Crippen LogP contribution in [-0.4, -0.2) is 25.1 Å². The number of nitrogens with zero attached hydrogens (tertiary/aromatic N) is 3. The second kappa shape index (κ2) is 6.31. The SMILES string of the molecule is Nc1cncc(-c2cnc3[nH]nc(-c4cc5c(-c6ccoc6)cccc5[nH]4)c3c2)c1. The Labute approximate surface area is 170 Å². The lowest BCUT2D eigenvalue weighted by Crippen LogP contribution is -1.88. The summed E-state index contributed by atoms with van der Waals surface area (Å²) in [5, 5.41) is 9.58. The smallest absolute Gasteiger partial charge is 0.155 e. The largest absolute Gasteiger partial charge is 0.472 e. The summed E-state index contributed by atoms with van der Waals surface area (Å²) in [4.78, 5) is 12.2. The highest BCUT2D eigenvalue weighted by Gasteiger charge is 2.15. The summed E-state index contributed by atoms with van der Waals surface area (Å²) in [7, 11) is 0. The minimum atomic E-state index is 0.613. The summed E-state index contributed by atoms with van der Waals surface area (Å²) in [5.41, 5.74) is 14.0. The summed E-state index contributed by atoms with van der Waals surface area (Å²) >= 11 is 0. The van der Waals surface area contributed by atoms with Crippen LogP contribution in [0.5, 0.6) is 0 Å². The Kier molecular flexibility index (Phi) is 3.48. The Morgan fingerprint density at radius 3 is 2.70 bits per heavy atom. The van der Waals surface area contributed by atoms with Crippen LogP contribution in [0.15, 0.2) is 78.0 Å². The first-order valence-corrected chi connectivity index (χ1v) is 9.46. The number of hydrogen-bond donors (Lipinski definition) is 3. The van der Waals surface area contributed by atoms with Gasteiger partial charge in [0.2, 0.25) is 0 Å². The van der Waals surface area contributed by atoms with Crippen molar-refractivity contribution in [2.45, 2.75) is 0 Å². The van der Waals surface area contributed by atoms with Crippen molar-refractivity contribution in [1.82, 2.24) is 25.1 Å². The van der Waals surface area contributed by atoms with Crippen LogP contribution >= 0.6 is 0 Å². The molecule has 0 aliphatic heterocycles. The number of nitrogen functional groups attached to an aromatic ring is 1. The van der Waals surface area contributed by atoms with E-state index in [1.165, 1.54) is 0 Å². The molecular formula is C23H16N6O. The van der Waals surface area contributed by atoms with Crippen molar-refractivity contribution in [2.75, 3.05) is 5.73 Å². The lowest BCUT2D eigenvalue weighted by Gasteiger charge is -2.02. The van der Waals surface area contributed by atoms with Gasteiger partial charge in [-0.3, -0.25) is 10.1 Å². The van der Waals surface area contributed by atoms with E-state index in [1.807, 2.05) is 18.2 Å². The summed E-state index contributed by atoms with van der Waals surface area (Å²) in [6.07, 6.45) is 8.63. The second-order valence-electron chi connectivity index (χ2n) is 7.16. The van der Waals surface area contributed by atoms with Gasteiger partial charge >= 0.3 is 0 Å². The molecule has 7 heteroatoms. The molecule has 0 saturated carbocycles. The number of nitrogens with two attached hydrogens (primary N) is 1. The van der Waals surface area contributed by atoms with Gasteiger partial charge in [-0.1, -0.05) is 12.1 Å². The van der Waals surface area contributed by atoms with E-state index >= 15 is 0 Å². The van der Waals surface area contributed by atoms with Crippen LogP contribution in [0, 0.1) is 0 Å². The summed E-state index contributed by atoms with van der Waals surface area (Å²) < 4.78 is 5.27. The van der Waals surface area contributed by atoms with E-state index in [4.69, 9.17) is 10.2 Å². The van der Waals surface area contributed by atoms with Crippen molar-refractivity contribution in [3.8, 4) is 33.6 Å². The average Bonchev–Trinajstić information content (AvgIpc) is 3.51. The highest BCUT2D eigenvalue weighted by molar-refractivity contribution is 6.01. The molecule has 4 N–H and O–H groups in total. The summed E-state index contributed by atoms with van der Waals surface area (Å²) in [5.74, 6) is 0. The first kappa shape index (κ1) is 16.6. The fraction of sp³-hybridized carbons (Fsp3) is 0. The maximum Gasteiger partial charge on any atom is 0.155 e. The Morgan fingerprint density at radius 2 is 1.83 bits per heavy atom. The van der Waals surface area contributed by atoms with E-state index in [9.17, 15) is 0 Å². The van der Waals surface area contributed by atoms with Gasteiger partial charge in [0, 0.05) is 51.6 Å². The standard InChI is InChI=1S/C23H16N6O/c24-16-6-14(9-25-11-16)15-7-19-22(28-29-23(19)26-10-15)21-8-18-17(13-4-5-30-12-13)2-1-3-20(18)27-21/h1-12,27H,24H2,(H,26,28,29). The molecule has 0 radical (unpaired) electrons. The molecule has 6 rings (SSSR count). The summed E-state index contributed by atoms with van der Waals surface area (Å²) in [6.45, 7) is 0. The lowest BCUT2D eigenvalue weighted by atomic mass is 10.0. The molecule has 30 heavy (non-hydrogen) atoms. The molecule has 5 heterocycles. The van der Waals surface area contributed by atoms with Crippen LogP contribution in [0.1, 0.15) is 0 Å². The Morgan fingerprint density at radius 1 is 0.900 bits per heavy atom. The van der Waals surface area contributed by atoms with Crippen LogP contribution in [-0.2, 0) is 0 Å². The summed E-state index contributed by atoms with van der Waals surface area (Å²) in [6, 6.07) is 14.2. The Hall–Kier alpha value is -4.39. The number of hydrogen-bond acceptors (Lipinski definition) is 5. The minimum absolute atomic E-state index is 0.613. The Balaban J connectivity index is 1.52. The van der Waals surface area contributed by atoms with Gasteiger partial charge in [-0.2, -0.15) is 5.10 Å². The molecule has 0 aliphatic carbocycles. The molecule has 0 aliphatic rings. The number of nitrogens with one attached hydrogen (secondary N) is 2. The highest BCUT2D eigenvalue weighted by Crippen LogP contribution is 2.34. The second-order valence-corrected chi connectivity index (χ2v) is 7.16. The van der Waals surface area contributed by atoms with Gasteiger partial charge in [0.15, 0.2) is 5.65 Å². The highest BCUT2D eigenvalue weighted by atomic mass is 16.3. The molecular weight excluding hydrogens is 376 g/mol. The third kappa shape index (κ3) is 2.56. The monoisotopic (exact) mass is 392 g/mol. The molecule has 0 atom stereocenters. The maximum absolute atomic E-state index is 5.89. The normalized spacial score (nSPS) is 11.5. The molecule has 0 amide bonds. The molecule has 0 bridgehead atoms. The first-order valence-electron chi connectivity index (χ1n) is 9.46. The zero-order chi connectivity index (χ0) is 20.1. The zero-order valence-electron chi connectivity index (χ0n) is 15.8. The third-order valence-electron chi connectivity index (χ3n) is 5.26. The van der Waals surface area contributed by atoms with Gasteiger partial charge in [-0.05, 0) is 35.9 Å². The van der Waals surface area contributed by atoms with Gasteiger partial charge in [-0.25, -0.2) is 4.98 Å². The van der Waals surface area contributed by atoms with Crippen LogP contribution in [0.25, 0.3) is 55.6 Å². The van der Waals surface area contributed by atoms with Crippen molar-refractivity contribution in [3.63, 3.8) is 0 Å². The number of H-pyrrole nitrogens is 2. The van der Waals surface area contributed by atoms with E-state index in [1.54, 1.807) is 31.1 Å². The van der Waals surface area contributed by atoms with Gasteiger partial charge < -0.3 is 15.1 Å². The third-order valence-corrected chi connectivity index (χ3v) is 5.26. The first-order chi connectivity index (χ1) is 14.8. The lowest BCUT2D eigenvalue weighted by molar-refractivity contribution is 0.568. The van der Waals surface area contributed by atoms with Gasteiger partial charge in [-0.15, -0.1) is 0 Å². The number of furan rings is 1. The minimum Gasteiger partial charge on any atom is -0.472 e. The molecule has 0 fully saturated rings. The fourth-order valence-electron chi connectivity index (χ4n) is 3.83. The number of benzene rings is 1. The molecule has 0 saturated heterocycles. The van der Waals surface area contributed by atoms with Crippen molar-refractivity contribution in [1.29, 1.82) is 0 Å². The predicted molar refractivity (Wildman–Crippen MR) is 117 cm³/mol. The number of rotatable bonds is 3. The van der Waals surface area contributed by atoms with Gasteiger partial charge in [0.25, 0.3) is 0 Å². The number of pyridine rings is 2. The van der Waals surface area contributed by atoms with E-state index in [0.717, 1.165) is 55.6 Å². The molecule has 6 aromatic rings. The number of aromatic amines is 2. The van der Waals surface area contributed by atoms with E-state index in [2.05, 4.69) is 49.4 Å². The quantitative estimate of drug-likeness (QED) is 0.392. The average molecular weight is 392 g/mol. The molecule has 0 spiro atoms. The maximum atomic E-state index is 5.89. The van der Waals surface area contributed by atoms with Crippen molar-refractivity contribution in [3.05, 3.63) is 73.6 Å². The molecule has 5 aromatic heterocycles. The zero-order valence-corrected chi connectivity index (χ0v) is 15.8. The van der Waals surface area contributed by atoms with Crippen molar-refractivity contribution in [2.24, 2.45) is 0 Å². The predicted octanol–water partition coefficient (Wildman–Crippen LogP) is 5.01. The molecule has 1 aromatic carbocycles. The van der Waals surface area contributed by atoms with Gasteiger partial charge in [0.1, 0.15) is 5.69 Å². The fourth-order valence-corrected chi connectivity index (χ4v) is 3.83. The van der Waals surface area contributed by atoms with E-state index in [-0.39, 0.29) is 0 Å². The molecule has 7 nitrogen and oxygen atoms in total. The number of anilines is 1. The topological polar surface area (TPSA) is 109 Å². The molecule has 144 valence electrons. The van der Waals surface area contributed by atoms with Crippen molar-refractivity contribution >= 4 is 27.6 Å². The van der Waals surface area contributed by atoms with E-state index in [0.29, 0.717) is 5.69 Å². The van der Waals surface area contributed by atoms with Crippen LogP contribution in [0.2, 0.25) is 0 Å². The van der Waals surface area contributed by atoms with Gasteiger partial charge in [0.05, 0.1) is 23.9 Å². The van der Waals surface area contributed by atoms with Crippen LogP contribution in [0.4, 0.5) is 5.69 Å². The Bertz CT molecular complexity index is 1510. The molecule has 0 unspecified atom stereocenters. The number of aromatic nitrogens is 5. The number of fused-ring (bicyclic) bond motifs is 2. The van der Waals surface area contributed by atoms with E-state index < -0.39 is 0 Å². The van der Waals surface area contributed by atoms with Crippen LogP contribution in [0.3, 0.4) is 0 Å².